The lowest BCUT2D eigenvalue weighted by atomic mass is 10.2. The van der Waals surface area contributed by atoms with Crippen molar-refractivity contribution in [1.82, 2.24) is 10.6 Å². The van der Waals surface area contributed by atoms with Gasteiger partial charge in [-0.25, -0.2) is 0 Å². The average molecular weight is 255 g/mol. The molecule has 1 unspecified atom stereocenters. The fourth-order valence-electron chi connectivity index (χ4n) is 1.30. The van der Waals surface area contributed by atoms with Crippen LogP contribution in [0, 0.1) is 0 Å². The second kappa shape index (κ2) is 6.25. The van der Waals surface area contributed by atoms with Gasteiger partial charge < -0.3 is 10.6 Å². The van der Waals surface area contributed by atoms with E-state index in [1.807, 2.05) is 6.92 Å². The number of hydrogen-bond donors (Lipinski definition) is 2. The predicted octanol–water partition coefficient (Wildman–Crippen LogP) is 1.59. The largest absolute Gasteiger partial charge is 0.355 e. The van der Waals surface area contributed by atoms with E-state index < -0.39 is 6.04 Å². The Bertz CT molecular complexity index is 421. The van der Waals surface area contributed by atoms with E-state index in [9.17, 15) is 9.59 Å². The maximum Gasteiger partial charge on any atom is 0.251 e. The summed E-state index contributed by atoms with van der Waals surface area (Å²) < 4.78 is 0. The molecule has 0 saturated carbocycles. The Morgan fingerprint density at radius 1 is 1.41 bits per heavy atom. The number of likely N-dealkylation sites (N-methyl/N-ethyl adjacent to an activating group) is 1. The van der Waals surface area contributed by atoms with Gasteiger partial charge in [-0.15, -0.1) is 0 Å². The topological polar surface area (TPSA) is 58.2 Å². The number of carbonyl (C=O) groups is 2. The van der Waals surface area contributed by atoms with Crippen LogP contribution in [0.15, 0.2) is 24.3 Å². The molecule has 2 N–H and O–H groups in total. The van der Waals surface area contributed by atoms with Gasteiger partial charge in [-0.3, -0.25) is 9.59 Å². The number of carbonyl (C=O) groups excluding carboxylic acids is 2. The van der Waals surface area contributed by atoms with E-state index in [0.29, 0.717) is 17.1 Å². The van der Waals surface area contributed by atoms with Crippen molar-refractivity contribution in [2.24, 2.45) is 0 Å². The molecule has 4 nitrogen and oxygen atoms in total. The summed E-state index contributed by atoms with van der Waals surface area (Å²) in [5.74, 6) is -0.519. The fourth-order valence-corrected chi connectivity index (χ4v) is 1.49. The molecule has 92 valence electrons. The predicted molar refractivity (Wildman–Crippen MR) is 67.1 cm³/mol. The van der Waals surface area contributed by atoms with Gasteiger partial charge >= 0.3 is 0 Å². The van der Waals surface area contributed by atoms with Crippen molar-refractivity contribution in [2.45, 2.75) is 19.9 Å². The van der Waals surface area contributed by atoms with E-state index in [-0.39, 0.29) is 11.8 Å². The molecule has 1 rings (SSSR count). The normalized spacial score (nSPS) is 11.7. The Kier molecular flexibility index (Phi) is 4.97. The van der Waals surface area contributed by atoms with Gasteiger partial charge in [0.05, 0.1) is 0 Å². The minimum absolute atomic E-state index is 0.206. The third-order valence-electron chi connectivity index (χ3n) is 2.18. The van der Waals surface area contributed by atoms with Crippen LogP contribution >= 0.6 is 11.6 Å². The van der Waals surface area contributed by atoms with Gasteiger partial charge in [0, 0.05) is 17.1 Å². The maximum absolute atomic E-state index is 11.8. The van der Waals surface area contributed by atoms with Crippen molar-refractivity contribution < 1.29 is 9.59 Å². The molecule has 1 aromatic rings. The summed E-state index contributed by atoms with van der Waals surface area (Å²) in [5, 5.41) is 5.72. The first-order valence-electron chi connectivity index (χ1n) is 5.38. The summed E-state index contributed by atoms with van der Waals surface area (Å²) in [6.45, 7) is 3.99. The average Bonchev–Trinajstić information content (AvgIpc) is 2.29. The lowest BCUT2D eigenvalue weighted by molar-refractivity contribution is -0.122. The van der Waals surface area contributed by atoms with Gasteiger partial charge in [0.15, 0.2) is 0 Å². The first kappa shape index (κ1) is 13.5. The minimum atomic E-state index is -0.568. The Labute approximate surface area is 105 Å². The van der Waals surface area contributed by atoms with Crippen LogP contribution in [0.4, 0.5) is 0 Å². The van der Waals surface area contributed by atoms with E-state index in [2.05, 4.69) is 10.6 Å². The van der Waals surface area contributed by atoms with E-state index in [1.165, 1.54) is 0 Å². The number of hydrogen-bond acceptors (Lipinski definition) is 2. The van der Waals surface area contributed by atoms with Crippen molar-refractivity contribution in [1.29, 1.82) is 0 Å². The highest BCUT2D eigenvalue weighted by Crippen LogP contribution is 2.10. The highest BCUT2D eigenvalue weighted by Gasteiger charge is 2.15. The number of benzene rings is 1. The summed E-state index contributed by atoms with van der Waals surface area (Å²) >= 11 is 5.78. The molecule has 1 aromatic carbocycles. The summed E-state index contributed by atoms with van der Waals surface area (Å²) in [4.78, 5) is 23.2. The van der Waals surface area contributed by atoms with Crippen LogP contribution in [-0.2, 0) is 4.79 Å². The highest BCUT2D eigenvalue weighted by molar-refractivity contribution is 6.30. The van der Waals surface area contributed by atoms with Gasteiger partial charge in [0.2, 0.25) is 5.91 Å². The van der Waals surface area contributed by atoms with Crippen LogP contribution in [0.5, 0.6) is 0 Å². The summed E-state index contributed by atoms with van der Waals surface area (Å²) in [7, 11) is 0. The van der Waals surface area contributed by atoms with Crippen LogP contribution in [-0.4, -0.2) is 24.4 Å². The van der Waals surface area contributed by atoms with Gasteiger partial charge in [0.1, 0.15) is 6.04 Å². The third kappa shape index (κ3) is 4.07. The molecule has 17 heavy (non-hydrogen) atoms. The molecule has 0 aliphatic rings. The van der Waals surface area contributed by atoms with Crippen molar-refractivity contribution in [2.75, 3.05) is 6.54 Å². The number of amides is 2. The molecule has 0 aliphatic carbocycles. The van der Waals surface area contributed by atoms with Crippen molar-refractivity contribution in [3.8, 4) is 0 Å². The fraction of sp³-hybridized carbons (Fsp3) is 0.333. The van der Waals surface area contributed by atoms with Crippen LogP contribution < -0.4 is 10.6 Å². The van der Waals surface area contributed by atoms with Gasteiger partial charge in [0.25, 0.3) is 5.91 Å². The van der Waals surface area contributed by atoms with E-state index in [0.717, 1.165) is 0 Å². The first-order chi connectivity index (χ1) is 8.04. The molecule has 0 heterocycles. The maximum atomic E-state index is 11.8. The molecule has 2 amide bonds. The SMILES string of the molecule is CCNC(=O)C(C)NC(=O)c1cccc(Cl)c1. The zero-order valence-electron chi connectivity index (χ0n) is 9.79. The smallest absolute Gasteiger partial charge is 0.251 e. The van der Waals surface area contributed by atoms with Crippen LogP contribution in [0.3, 0.4) is 0 Å². The third-order valence-corrected chi connectivity index (χ3v) is 2.41. The second-order valence-corrected chi connectivity index (χ2v) is 4.04. The van der Waals surface area contributed by atoms with E-state index in [4.69, 9.17) is 11.6 Å². The molecule has 0 spiro atoms. The molecule has 1 atom stereocenters. The number of nitrogens with one attached hydrogen (secondary N) is 2. The lowest BCUT2D eigenvalue weighted by Gasteiger charge is -2.13. The first-order valence-corrected chi connectivity index (χ1v) is 5.76. The van der Waals surface area contributed by atoms with Crippen molar-refractivity contribution in [3.05, 3.63) is 34.9 Å². The molecular weight excluding hydrogens is 240 g/mol. The van der Waals surface area contributed by atoms with Crippen LogP contribution in [0.1, 0.15) is 24.2 Å². The zero-order valence-corrected chi connectivity index (χ0v) is 10.5. The Morgan fingerprint density at radius 2 is 2.12 bits per heavy atom. The molecule has 0 aromatic heterocycles. The lowest BCUT2D eigenvalue weighted by Crippen LogP contribution is -2.44. The van der Waals surface area contributed by atoms with Crippen LogP contribution in [0.25, 0.3) is 0 Å². The monoisotopic (exact) mass is 254 g/mol. The van der Waals surface area contributed by atoms with E-state index in [1.54, 1.807) is 31.2 Å². The van der Waals surface area contributed by atoms with Crippen LogP contribution in [0.2, 0.25) is 5.02 Å². The molecular formula is C12H15ClN2O2. The van der Waals surface area contributed by atoms with Gasteiger partial charge in [-0.05, 0) is 32.0 Å². The highest BCUT2D eigenvalue weighted by atomic mass is 35.5. The second-order valence-electron chi connectivity index (χ2n) is 3.60. The number of halogens is 1. The molecule has 5 heteroatoms. The van der Waals surface area contributed by atoms with E-state index >= 15 is 0 Å². The molecule has 0 aliphatic heterocycles. The molecule has 0 bridgehead atoms. The van der Waals surface area contributed by atoms with Crippen molar-refractivity contribution in [3.63, 3.8) is 0 Å². The molecule has 0 fully saturated rings. The number of rotatable bonds is 4. The Morgan fingerprint density at radius 3 is 2.71 bits per heavy atom. The minimum Gasteiger partial charge on any atom is -0.355 e. The summed E-state index contributed by atoms with van der Waals surface area (Å²) in [6, 6.07) is 6.01. The Hall–Kier alpha value is -1.55. The Balaban J connectivity index is 2.63. The zero-order chi connectivity index (χ0) is 12.8. The van der Waals surface area contributed by atoms with Gasteiger partial charge in [-0.1, -0.05) is 17.7 Å². The molecule has 0 radical (unpaired) electrons. The molecule has 0 saturated heterocycles. The summed E-state index contributed by atoms with van der Waals surface area (Å²) in [6.07, 6.45) is 0. The summed E-state index contributed by atoms with van der Waals surface area (Å²) in [5.41, 5.74) is 0.439. The van der Waals surface area contributed by atoms with Crippen molar-refractivity contribution >= 4 is 23.4 Å². The quantitative estimate of drug-likeness (QED) is 0.857. The van der Waals surface area contributed by atoms with Gasteiger partial charge in [-0.2, -0.15) is 0 Å². The standard InChI is InChI=1S/C12H15ClN2O2/c1-3-14-11(16)8(2)15-12(17)9-5-4-6-10(13)7-9/h4-8H,3H2,1-2H3,(H,14,16)(H,15,17).